The van der Waals surface area contributed by atoms with Crippen LogP contribution < -0.4 is 5.32 Å². The number of aromatic nitrogens is 2. The van der Waals surface area contributed by atoms with Gasteiger partial charge in [0.25, 0.3) is 0 Å². The lowest BCUT2D eigenvalue weighted by Gasteiger charge is -2.22. The third kappa shape index (κ3) is 6.01. The van der Waals surface area contributed by atoms with E-state index in [-0.39, 0.29) is 29.7 Å². The summed E-state index contributed by atoms with van der Waals surface area (Å²) in [5.74, 6) is -2.62. The van der Waals surface area contributed by atoms with Gasteiger partial charge in [0.05, 0.1) is 23.7 Å². The molecule has 40 heavy (non-hydrogen) atoms. The molecule has 0 saturated carbocycles. The lowest BCUT2D eigenvalue weighted by Crippen LogP contribution is -2.32. The molecule has 4 nitrogen and oxygen atoms in total. The number of hydrogen-bond acceptors (Lipinski definition) is 2. The van der Waals surface area contributed by atoms with Crippen LogP contribution in [0.2, 0.25) is 0 Å². The maximum absolute atomic E-state index is 14.0. The third-order valence-corrected chi connectivity index (χ3v) is 6.45. The summed E-state index contributed by atoms with van der Waals surface area (Å²) in [5.41, 5.74) is 1.22. The molecule has 2 aromatic heterocycles. The number of pyridine rings is 1. The molecule has 3 aromatic carbocycles. The highest BCUT2D eigenvalue weighted by Crippen LogP contribution is 2.35. The minimum absolute atomic E-state index is 0.105. The van der Waals surface area contributed by atoms with Crippen LogP contribution in [0.5, 0.6) is 0 Å². The average molecular weight is 554 g/mol. The first-order valence-electron chi connectivity index (χ1n) is 12.2. The lowest BCUT2D eigenvalue weighted by molar-refractivity contribution is -0.137. The minimum Gasteiger partial charge on any atom is -0.361 e. The number of fused-ring (bicyclic) bond motifs is 1. The number of rotatable bonds is 7. The van der Waals surface area contributed by atoms with Gasteiger partial charge in [-0.15, -0.1) is 0 Å². The summed E-state index contributed by atoms with van der Waals surface area (Å²) in [6, 6.07) is 13.9. The van der Waals surface area contributed by atoms with Crippen molar-refractivity contribution in [1.82, 2.24) is 15.3 Å². The molecule has 10 heteroatoms. The average Bonchev–Trinajstić information content (AvgIpc) is 3.28. The first kappa shape index (κ1) is 27.0. The Balaban J connectivity index is 1.52. The number of carbonyl (C=O) groups excluding carboxylic acids is 1. The number of alkyl halides is 3. The fraction of sp³-hybridized carbons (Fsp3) is 0.133. The summed E-state index contributed by atoms with van der Waals surface area (Å²) in [6.07, 6.45) is -1.85. The van der Waals surface area contributed by atoms with Crippen LogP contribution in [0, 0.1) is 17.5 Å². The van der Waals surface area contributed by atoms with Gasteiger partial charge < -0.3 is 10.3 Å². The molecule has 0 spiro atoms. The Kier molecular flexibility index (Phi) is 7.34. The SMILES string of the molecule is O=C(Cc1c[nH]c2ccc(F)cc12)NC(Cc1cc(F)cc(F)c1)c1ncccc1-c1cccc(C(F)(F)F)c1. The van der Waals surface area contributed by atoms with Gasteiger partial charge in [-0.1, -0.05) is 18.2 Å². The van der Waals surface area contributed by atoms with Crippen LogP contribution in [-0.4, -0.2) is 15.9 Å². The summed E-state index contributed by atoms with van der Waals surface area (Å²) >= 11 is 0. The van der Waals surface area contributed by atoms with Gasteiger partial charge in [0, 0.05) is 34.9 Å². The Morgan fingerprint density at radius 1 is 0.900 bits per heavy atom. The number of amides is 1. The molecule has 1 atom stereocenters. The molecule has 2 N–H and O–H groups in total. The maximum Gasteiger partial charge on any atom is 0.416 e. The highest BCUT2D eigenvalue weighted by molar-refractivity contribution is 5.89. The van der Waals surface area contributed by atoms with Gasteiger partial charge in [-0.25, -0.2) is 13.2 Å². The fourth-order valence-corrected chi connectivity index (χ4v) is 4.70. The van der Waals surface area contributed by atoms with E-state index >= 15 is 0 Å². The zero-order valence-corrected chi connectivity index (χ0v) is 20.7. The number of nitrogens with one attached hydrogen (secondary N) is 2. The fourth-order valence-electron chi connectivity index (χ4n) is 4.70. The second-order valence-corrected chi connectivity index (χ2v) is 9.30. The summed E-state index contributed by atoms with van der Waals surface area (Å²) in [4.78, 5) is 20.6. The normalized spacial score (nSPS) is 12.4. The molecule has 2 heterocycles. The van der Waals surface area contributed by atoms with E-state index in [2.05, 4.69) is 15.3 Å². The topological polar surface area (TPSA) is 57.8 Å². The van der Waals surface area contributed by atoms with Gasteiger partial charge >= 0.3 is 6.18 Å². The van der Waals surface area contributed by atoms with Gasteiger partial charge in [0.1, 0.15) is 17.5 Å². The summed E-state index contributed by atoms with van der Waals surface area (Å²) in [7, 11) is 0. The standard InChI is InChI=1S/C30H21F6N3O/c31-21-6-7-26-25(15-21)19(16-38-26)13-28(40)39-27(11-17-9-22(32)14-23(33)10-17)29-24(5-2-8-37-29)18-3-1-4-20(12-18)30(34,35)36/h1-10,12,14-16,27,38H,11,13H2,(H,39,40). The second-order valence-electron chi connectivity index (χ2n) is 9.30. The first-order valence-corrected chi connectivity index (χ1v) is 12.2. The van der Waals surface area contributed by atoms with Crippen LogP contribution >= 0.6 is 0 Å². The van der Waals surface area contributed by atoms with Crippen LogP contribution in [-0.2, 0) is 23.8 Å². The van der Waals surface area contributed by atoms with Crippen LogP contribution in [0.25, 0.3) is 22.0 Å². The number of H-pyrrole nitrogens is 1. The van der Waals surface area contributed by atoms with Crippen LogP contribution in [0.3, 0.4) is 0 Å². The molecule has 0 radical (unpaired) electrons. The van der Waals surface area contributed by atoms with E-state index in [1.807, 2.05) is 0 Å². The largest absolute Gasteiger partial charge is 0.416 e. The van der Waals surface area contributed by atoms with Crippen LogP contribution in [0.1, 0.15) is 28.4 Å². The molecule has 1 unspecified atom stereocenters. The van der Waals surface area contributed by atoms with Crippen LogP contribution in [0.4, 0.5) is 26.3 Å². The van der Waals surface area contributed by atoms with Crippen molar-refractivity contribution in [3.05, 3.63) is 125 Å². The number of halogens is 6. The zero-order chi connectivity index (χ0) is 28.4. The molecule has 0 fully saturated rings. The van der Waals surface area contributed by atoms with E-state index in [1.54, 1.807) is 24.4 Å². The Bertz CT molecular complexity index is 1670. The van der Waals surface area contributed by atoms with Gasteiger partial charge in [-0.3, -0.25) is 9.78 Å². The third-order valence-electron chi connectivity index (χ3n) is 6.45. The van der Waals surface area contributed by atoms with E-state index in [9.17, 15) is 31.1 Å². The summed E-state index contributed by atoms with van der Waals surface area (Å²) in [5, 5.41) is 3.33. The summed E-state index contributed by atoms with van der Waals surface area (Å²) < 4.78 is 82.1. The van der Waals surface area contributed by atoms with Crippen molar-refractivity contribution in [2.45, 2.75) is 25.1 Å². The quantitative estimate of drug-likeness (QED) is 0.208. The monoisotopic (exact) mass is 553 g/mol. The van der Waals surface area contributed by atoms with Crippen molar-refractivity contribution in [1.29, 1.82) is 0 Å². The van der Waals surface area contributed by atoms with E-state index < -0.39 is 41.1 Å². The van der Waals surface area contributed by atoms with Crippen molar-refractivity contribution >= 4 is 16.8 Å². The predicted octanol–water partition coefficient (Wildman–Crippen LogP) is 7.31. The molecule has 0 aliphatic rings. The van der Waals surface area contributed by atoms with E-state index in [0.717, 1.165) is 24.3 Å². The molecule has 5 aromatic rings. The summed E-state index contributed by atoms with van der Waals surface area (Å²) in [6.45, 7) is 0. The highest BCUT2D eigenvalue weighted by Gasteiger charge is 2.31. The maximum atomic E-state index is 14.0. The Hall–Kier alpha value is -4.60. The Labute approximate surface area is 224 Å². The predicted molar refractivity (Wildman–Crippen MR) is 138 cm³/mol. The number of benzene rings is 3. The van der Waals surface area contributed by atoms with Crippen molar-refractivity contribution in [2.24, 2.45) is 0 Å². The van der Waals surface area contributed by atoms with E-state index in [4.69, 9.17) is 0 Å². The Morgan fingerprint density at radius 3 is 2.42 bits per heavy atom. The first-order chi connectivity index (χ1) is 19.1. The molecule has 0 aliphatic heterocycles. The molecule has 5 rings (SSSR count). The second kappa shape index (κ2) is 10.9. The van der Waals surface area contributed by atoms with E-state index in [0.29, 0.717) is 28.1 Å². The highest BCUT2D eigenvalue weighted by atomic mass is 19.4. The van der Waals surface area contributed by atoms with Gasteiger partial charge in [-0.2, -0.15) is 13.2 Å². The Morgan fingerprint density at radius 2 is 1.68 bits per heavy atom. The molecule has 0 saturated heterocycles. The molecular formula is C30H21F6N3O. The molecule has 0 aliphatic carbocycles. The number of nitrogens with zero attached hydrogens (tertiary/aromatic N) is 1. The molecule has 0 bridgehead atoms. The lowest BCUT2D eigenvalue weighted by atomic mass is 9.94. The number of hydrogen-bond donors (Lipinski definition) is 2. The molecular weight excluding hydrogens is 532 g/mol. The van der Waals surface area contributed by atoms with Gasteiger partial charge in [0.2, 0.25) is 5.91 Å². The number of aromatic amines is 1. The van der Waals surface area contributed by atoms with Gasteiger partial charge in [0.15, 0.2) is 0 Å². The molecule has 1 amide bonds. The van der Waals surface area contributed by atoms with Crippen molar-refractivity contribution in [3.8, 4) is 11.1 Å². The van der Waals surface area contributed by atoms with Gasteiger partial charge in [-0.05, 0) is 71.6 Å². The molecule has 204 valence electrons. The number of carbonyl (C=O) groups is 1. The smallest absolute Gasteiger partial charge is 0.361 e. The minimum atomic E-state index is -4.58. The van der Waals surface area contributed by atoms with Crippen molar-refractivity contribution < 1.29 is 31.1 Å². The zero-order valence-electron chi connectivity index (χ0n) is 20.7. The van der Waals surface area contributed by atoms with E-state index in [1.165, 1.54) is 30.5 Å². The van der Waals surface area contributed by atoms with Crippen molar-refractivity contribution in [3.63, 3.8) is 0 Å². The van der Waals surface area contributed by atoms with Crippen LogP contribution in [0.15, 0.2) is 85.2 Å². The van der Waals surface area contributed by atoms with Crippen molar-refractivity contribution in [2.75, 3.05) is 0 Å².